The molecule has 43 heavy (non-hydrogen) atoms. The average molecular weight is 602 g/mol. The maximum absolute atomic E-state index is 13.8. The number of carboxylic acids is 1. The summed E-state index contributed by atoms with van der Waals surface area (Å²) in [5, 5.41) is 35.3. The van der Waals surface area contributed by atoms with Crippen molar-refractivity contribution in [2.75, 3.05) is 26.2 Å². The van der Waals surface area contributed by atoms with Crippen molar-refractivity contribution in [2.45, 2.75) is 62.2 Å². The van der Waals surface area contributed by atoms with Crippen LogP contribution in [0, 0.1) is 5.41 Å². The molecule has 2 aliphatic heterocycles. The molecule has 0 bridgehead atoms. The van der Waals surface area contributed by atoms with Crippen LogP contribution in [-0.4, -0.2) is 96.4 Å². The van der Waals surface area contributed by atoms with Crippen LogP contribution in [0.5, 0.6) is 0 Å². The number of carbonyl (C=O) groups excluding carboxylic acids is 5. The van der Waals surface area contributed by atoms with E-state index >= 15 is 0 Å². The molecule has 3 atom stereocenters. The summed E-state index contributed by atoms with van der Waals surface area (Å²) in [4.78, 5) is 78.1. The number of hydrogen-bond donors (Lipinski definition) is 10. The Morgan fingerprint density at radius 1 is 0.953 bits per heavy atom. The fraction of sp³-hybridized carbons (Fsp3) is 0.519. The number of benzene rings is 1. The van der Waals surface area contributed by atoms with Gasteiger partial charge in [-0.05, 0) is 44.3 Å². The number of nitrogens with one attached hydrogen (secondary N) is 8. The van der Waals surface area contributed by atoms with E-state index in [-0.39, 0.29) is 38.2 Å². The van der Waals surface area contributed by atoms with Gasteiger partial charge in [0.05, 0.1) is 13.0 Å². The summed E-state index contributed by atoms with van der Waals surface area (Å²) in [5.41, 5.74) is 4.58. The van der Waals surface area contributed by atoms with Crippen molar-refractivity contribution in [3.63, 3.8) is 0 Å². The molecule has 1 aromatic rings. The number of amides is 5. The average Bonchev–Trinajstić information content (AvgIpc) is 2.96. The highest BCUT2D eigenvalue weighted by molar-refractivity contribution is 5.99. The minimum Gasteiger partial charge on any atom is -0.481 e. The van der Waals surface area contributed by atoms with Gasteiger partial charge in [0.25, 0.3) is 0 Å². The van der Waals surface area contributed by atoms with Gasteiger partial charge in [-0.3, -0.25) is 34.2 Å². The van der Waals surface area contributed by atoms with E-state index in [1.165, 1.54) is 0 Å². The highest BCUT2D eigenvalue weighted by atomic mass is 16.4. The molecule has 234 valence electrons. The molecule has 16 heteroatoms. The van der Waals surface area contributed by atoms with E-state index in [1.54, 1.807) is 30.3 Å². The molecule has 0 saturated carbocycles. The van der Waals surface area contributed by atoms with Gasteiger partial charge in [0.1, 0.15) is 23.7 Å². The minimum absolute atomic E-state index is 0.0217. The molecule has 16 nitrogen and oxygen atoms in total. The van der Waals surface area contributed by atoms with Crippen molar-refractivity contribution >= 4 is 41.5 Å². The zero-order valence-corrected chi connectivity index (χ0v) is 23.7. The van der Waals surface area contributed by atoms with Crippen LogP contribution in [0.25, 0.3) is 0 Å². The van der Waals surface area contributed by atoms with Crippen molar-refractivity contribution in [2.24, 2.45) is 5.73 Å². The molecule has 0 radical (unpaired) electrons. The van der Waals surface area contributed by atoms with Gasteiger partial charge in [0, 0.05) is 13.0 Å². The van der Waals surface area contributed by atoms with E-state index in [0.29, 0.717) is 25.1 Å². The Morgan fingerprint density at radius 3 is 2.30 bits per heavy atom. The second-order valence-electron chi connectivity index (χ2n) is 10.5. The van der Waals surface area contributed by atoms with Crippen LogP contribution >= 0.6 is 0 Å². The SMILES string of the molecule is N=C(N)NCCC[C@@H]1NC(=O)C2(CCNCC2)NC(=O)[C@@H](Cc2ccccc2)NC(=O)[C@H](CC(=O)O)NC(=O)CNC1=O. The molecular weight excluding hydrogens is 562 g/mol. The Balaban J connectivity index is 1.97. The van der Waals surface area contributed by atoms with Gasteiger partial charge in [-0.15, -0.1) is 0 Å². The number of hydrogen-bond acceptors (Lipinski definition) is 8. The van der Waals surface area contributed by atoms with Gasteiger partial charge in [-0.2, -0.15) is 0 Å². The second kappa shape index (κ2) is 15.5. The Bertz CT molecular complexity index is 1200. The van der Waals surface area contributed by atoms with Crippen molar-refractivity contribution in [1.82, 2.24) is 37.2 Å². The maximum Gasteiger partial charge on any atom is 0.305 e. The molecule has 0 aromatic heterocycles. The monoisotopic (exact) mass is 601 g/mol. The number of piperidine rings is 1. The third-order valence-electron chi connectivity index (χ3n) is 7.23. The van der Waals surface area contributed by atoms with E-state index in [1.807, 2.05) is 0 Å². The molecule has 11 N–H and O–H groups in total. The number of nitrogens with two attached hydrogens (primary N) is 1. The quantitative estimate of drug-likeness (QED) is 0.0810. The number of carboxylic acid groups (broad SMARTS) is 1. The zero-order chi connectivity index (χ0) is 31.4. The molecule has 3 rings (SSSR count). The molecule has 1 aromatic carbocycles. The van der Waals surface area contributed by atoms with Crippen LogP contribution in [0.3, 0.4) is 0 Å². The van der Waals surface area contributed by atoms with Gasteiger partial charge < -0.3 is 48.1 Å². The lowest BCUT2D eigenvalue weighted by atomic mass is 9.86. The van der Waals surface area contributed by atoms with Gasteiger partial charge in [-0.25, -0.2) is 0 Å². The molecule has 2 heterocycles. The normalized spacial score (nSPS) is 23.3. The van der Waals surface area contributed by atoms with Crippen molar-refractivity contribution < 1.29 is 33.9 Å². The fourth-order valence-corrected chi connectivity index (χ4v) is 4.93. The van der Waals surface area contributed by atoms with Crippen LogP contribution in [-0.2, 0) is 35.2 Å². The first-order chi connectivity index (χ1) is 20.5. The predicted molar refractivity (Wildman–Crippen MR) is 153 cm³/mol. The Kier molecular flexibility index (Phi) is 11.8. The lowest BCUT2D eigenvalue weighted by Crippen LogP contribution is -2.67. The first kappa shape index (κ1) is 32.8. The first-order valence-corrected chi connectivity index (χ1v) is 14.0. The van der Waals surface area contributed by atoms with E-state index in [9.17, 15) is 33.9 Å². The maximum atomic E-state index is 13.8. The molecular formula is C27H39N9O7. The Morgan fingerprint density at radius 2 is 1.65 bits per heavy atom. The van der Waals surface area contributed by atoms with Crippen LogP contribution in [0.2, 0.25) is 0 Å². The number of aliphatic carboxylic acids is 1. The van der Waals surface area contributed by atoms with Crippen molar-refractivity contribution in [3.05, 3.63) is 35.9 Å². The summed E-state index contributed by atoms with van der Waals surface area (Å²) >= 11 is 0. The summed E-state index contributed by atoms with van der Waals surface area (Å²) < 4.78 is 0. The van der Waals surface area contributed by atoms with Crippen LogP contribution in [0.1, 0.15) is 37.7 Å². The van der Waals surface area contributed by atoms with E-state index in [0.717, 1.165) is 0 Å². The van der Waals surface area contributed by atoms with Crippen LogP contribution in [0.4, 0.5) is 0 Å². The smallest absolute Gasteiger partial charge is 0.305 e. The zero-order valence-electron chi connectivity index (χ0n) is 23.7. The number of carbonyl (C=O) groups is 6. The van der Waals surface area contributed by atoms with Crippen molar-refractivity contribution in [3.8, 4) is 0 Å². The third kappa shape index (κ3) is 9.95. The second-order valence-corrected chi connectivity index (χ2v) is 10.5. The van der Waals surface area contributed by atoms with Crippen LogP contribution < -0.4 is 43.0 Å². The minimum atomic E-state index is -1.54. The highest BCUT2D eigenvalue weighted by Crippen LogP contribution is 2.20. The summed E-state index contributed by atoms with van der Waals surface area (Å²) in [5.74, 6) is -5.36. The van der Waals surface area contributed by atoms with E-state index < -0.39 is 72.1 Å². The summed E-state index contributed by atoms with van der Waals surface area (Å²) in [6, 6.07) is 4.92. The Hall–Kier alpha value is -4.73. The molecule has 5 amide bonds. The summed E-state index contributed by atoms with van der Waals surface area (Å²) in [6.07, 6.45) is 0.0703. The molecule has 2 fully saturated rings. The van der Waals surface area contributed by atoms with Crippen LogP contribution in [0.15, 0.2) is 30.3 Å². The molecule has 2 aliphatic rings. The van der Waals surface area contributed by atoms with Gasteiger partial charge >= 0.3 is 5.97 Å². The Labute approximate surface area is 248 Å². The first-order valence-electron chi connectivity index (χ1n) is 14.0. The summed E-state index contributed by atoms with van der Waals surface area (Å²) in [6.45, 7) is 0.427. The molecule has 1 spiro atoms. The number of rotatable bonds is 8. The van der Waals surface area contributed by atoms with Gasteiger partial charge in [0.15, 0.2) is 5.96 Å². The van der Waals surface area contributed by atoms with Gasteiger partial charge in [0.2, 0.25) is 29.5 Å². The fourth-order valence-electron chi connectivity index (χ4n) is 4.93. The topological polar surface area (TPSA) is 257 Å². The molecule has 0 aliphatic carbocycles. The third-order valence-corrected chi connectivity index (χ3v) is 7.23. The predicted octanol–water partition coefficient (Wildman–Crippen LogP) is -3.21. The lowest BCUT2D eigenvalue weighted by Gasteiger charge is -2.39. The molecule has 2 saturated heterocycles. The number of guanidine groups is 1. The van der Waals surface area contributed by atoms with E-state index in [4.69, 9.17) is 11.1 Å². The standard InChI is InChI=1S/C27H39N9O7/c28-26(29)31-10-4-7-17-22(40)32-15-20(37)33-19(14-21(38)39)23(41)34-18(13-16-5-2-1-3-6-16)24(42)36-27(25(43)35-17)8-11-30-12-9-27/h1-3,5-6,17-19,30H,4,7-15H2,(H,32,40)(H,33,37)(H,34,41)(H,35,43)(H,36,42)(H,38,39)(H4,28,29,31)/t17-,18+,19-/m0/s1. The highest BCUT2D eigenvalue weighted by Gasteiger charge is 2.44. The summed E-state index contributed by atoms with van der Waals surface area (Å²) in [7, 11) is 0. The van der Waals surface area contributed by atoms with Crippen molar-refractivity contribution in [1.29, 1.82) is 5.41 Å². The van der Waals surface area contributed by atoms with Gasteiger partial charge in [-0.1, -0.05) is 30.3 Å². The molecule has 0 unspecified atom stereocenters. The largest absolute Gasteiger partial charge is 0.481 e. The lowest BCUT2D eigenvalue weighted by molar-refractivity contribution is -0.141. The van der Waals surface area contributed by atoms with E-state index in [2.05, 4.69) is 37.2 Å².